The van der Waals surface area contributed by atoms with Crippen LogP contribution in [0.25, 0.3) is 0 Å². The minimum absolute atomic E-state index is 0.0583. The van der Waals surface area contributed by atoms with E-state index in [-0.39, 0.29) is 12.1 Å². The largest absolute Gasteiger partial charge is 0.462 e. The van der Waals surface area contributed by atoms with E-state index in [9.17, 15) is 4.79 Å². The van der Waals surface area contributed by atoms with Gasteiger partial charge in [0.1, 0.15) is 6.10 Å². The van der Waals surface area contributed by atoms with Crippen molar-refractivity contribution in [3.05, 3.63) is 23.8 Å². The van der Waals surface area contributed by atoms with Crippen molar-refractivity contribution in [2.75, 3.05) is 0 Å². The van der Waals surface area contributed by atoms with Gasteiger partial charge < -0.3 is 4.74 Å². The summed E-state index contributed by atoms with van der Waals surface area (Å²) in [5.41, 5.74) is 2.48. The quantitative estimate of drug-likeness (QED) is 0.682. The van der Waals surface area contributed by atoms with E-state index in [1.165, 1.54) is 11.1 Å². The first-order chi connectivity index (χ1) is 7.52. The Morgan fingerprint density at radius 2 is 2.31 bits per heavy atom. The lowest BCUT2D eigenvalue weighted by Crippen LogP contribution is -2.22. The van der Waals surface area contributed by atoms with Gasteiger partial charge in [0.05, 0.1) is 0 Å². The Morgan fingerprint density at radius 1 is 1.62 bits per heavy atom. The summed E-state index contributed by atoms with van der Waals surface area (Å²) < 4.78 is 5.38. The molecule has 0 bridgehead atoms. The molecule has 16 heavy (non-hydrogen) atoms. The average Bonchev–Trinajstić information content (AvgIpc) is 2.22. The van der Waals surface area contributed by atoms with Crippen molar-refractivity contribution in [2.45, 2.75) is 52.6 Å². The molecule has 0 spiro atoms. The van der Waals surface area contributed by atoms with Crippen molar-refractivity contribution in [2.24, 2.45) is 5.92 Å². The van der Waals surface area contributed by atoms with Gasteiger partial charge in [0.25, 0.3) is 0 Å². The minimum atomic E-state index is -0.0959. The summed E-state index contributed by atoms with van der Waals surface area (Å²) in [7, 11) is 0. The number of allylic oxidation sites excluding steroid dienone is 2. The van der Waals surface area contributed by atoms with Gasteiger partial charge in [-0.05, 0) is 24.3 Å². The van der Waals surface area contributed by atoms with Crippen molar-refractivity contribution in [1.82, 2.24) is 0 Å². The van der Waals surface area contributed by atoms with Crippen LogP contribution >= 0.6 is 0 Å². The van der Waals surface area contributed by atoms with E-state index in [1.807, 2.05) is 6.92 Å². The van der Waals surface area contributed by atoms with Gasteiger partial charge in [-0.3, -0.25) is 4.79 Å². The minimum Gasteiger partial charge on any atom is -0.462 e. The predicted molar refractivity (Wildman–Crippen MR) is 66.1 cm³/mol. The third kappa shape index (κ3) is 3.84. The first kappa shape index (κ1) is 13.0. The second kappa shape index (κ2) is 5.88. The highest BCUT2D eigenvalue weighted by Crippen LogP contribution is 2.30. The summed E-state index contributed by atoms with van der Waals surface area (Å²) in [6.45, 7) is 10.2. The Kier molecular flexibility index (Phi) is 4.78. The van der Waals surface area contributed by atoms with E-state index in [0.29, 0.717) is 12.3 Å². The lowest BCUT2D eigenvalue weighted by Gasteiger charge is -2.26. The van der Waals surface area contributed by atoms with Crippen molar-refractivity contribution in [3.63, 3.8) is 0 Å². The van der Waals surface area contributed by atoms with Gasteiger partial charge in [-0.2, -0.15) is 0 Å². The summed E-state index contributed by atoms with van der Waals surface area (Å²) in [5.74, 6) is 0.425. The fraction of sp³-hybridized carbons (Fsp3) is 0.643. The molecular weight excluding hydrogens is 200 g/mol. The van der Waals surface area contributed by atoms with E-state index in [4.69, 9.17) is 4.74 Å². The second-order valence-corrected chi connectivity index (χ2v) is 4.75. The fourth-order valence-electron chi connectivity index (χ4n) is 1.95. The van der Waals surface area contributed by atoms with Crippen molar-refractivity contribution in [1.29, 1.82) is 0 Å². The van der Waals surface area contributed by atoms with E-state index in [2.05, 4.69) is 26.5 Å². The third-order valence-corrected chi connectivity index (χ3v) is 2.79. The van der Waals surface area contributed by atoms with Crippen LogP contribution in [0.4, 0.5) is 0 Å². The Balaban J connectivity index is 2.60. The molecule has 1 fully saturated rings. The lowest BCUT2D eigenvalue weighted by atomic mass is 9.87. The maximum absolute atomic E-state index is 11.2. The molecule has 0 radical (unpaired) electrons. The summed E-state index contributed by atoms with van der Waals surface area (Å²) >= 11 is 0. The molecule has 1 aliphatic carbocycles. The molecular formula is C14H22O2. The summed E-state index contributed by atoms with van der Waals surface area (Å²) in [5, 5.41) is 0. The highest BCUT2D eigenvalue weighted by Gasteiger charge is 2.22. The average molecular weight is 222 g/mol. The smallest absolute Gasteiger partial charge is 0.305 e. The first-order valence-corrected chi connectivity index (χ1v) is 6.11. The molecule has 0 heterocycles. The van der Waals surface area contributed by atoms with Crippen LogP contribution in [0.1, 0.15) is 46.5 Å². The molecule has 2 nitrogen and oxygen atoms in total. The molecule has 0 aliphatic heterocycles. The highest BCUT2D eigenvalue weighted by atomic mass is 16.5. The van der Waals surface area contributed by atoms with Crippen LogP contribution in [-0.2, 0) is 9.53 Å². The summed E-state index contributed by atoms with van der Waals surface area (Å²) in [6.07, 6.45) is 5.45. The number of hydrogen-bond donors (Lipinski definition) is 0. The summed E-state index contributed by atoms with van der Waals surface area (Å²) in [6, 6.07) is 0. The Labute approximate surface area is 98.4 Å². The molecule has 0 N–H and O–H groups in total. The molecule has 1 unspecified atom stereocenters. The maximum atomic E-state index is 11.2. The molecule has 1 rings (SSSR count). The van der Waals surface area contributed by atoms with Crippen molar-refractivity contribution < 1.29 is 9.53 Å². The van der Waals surface area contributed by atoms with Crippen LogP contribution in [0.2, 0.25) is 0 Å². The van der Waals surface area contributed by atoms with Crippen molar-refractivity contribution in [3.8, 4) is 0 Å². The van der Waals surface area contributed by atoms with Crippen LogP contribution in [0, 0.1) is 5.92 Å². The van der Waals surface area contributed by atoms with Gasteiger partial charge in [0.15, 0.2) is 0 Å². The Hall–Kier alpha value is -1.05. The second-order valence-electron chi connectivity index (χ2n) is 4.75. The SMILES string of the molecule is C=C1CCC(OC(=O)CC)C/C1=C/C(C)C. The topological polar surface area (TPSA) is 26.3 Å². The van der Waals surface area contributed by atoms with Gasteiger partial charge in [-0.25, -0.2) is 0 Å². The molecule has 90 valence electrons. The molecule has 0 aromatic carbocycles. The third-order valence-electron chi connectivity index (χ3n) is 2.79. The number of ether oxygens (including phenoxy) is 1. The van der Waals surface area contributed by atoms with Crippen molar-refractivity contribution >= 4 is 5.97 Å². The standard InChI is InChI=1S/C14H22O2/c1-5-14(15)16-13-7-6-11(4)12(9-13)8-10(2)3/h8,10,13H,4-7,9H2,1-3H3/b12-8-. The van der Waals surface area contributed by atoms with E-state index in [1.54, 1.807) is 0 Å². The van der Waals surface area contributed by atoms with Gasteiger partial charge in [0.2, 0.25) is 0 Å². The number of rotatable bonds is 3. The molecule has 0 aromatic rings. The van der Waals surface area contributed by atoms with E-state index < -0.39 is 0 Å². The number of esters is 1. The fourth-order valence-corrected chi connectivity index (χ4v) is 1.95. The Morgan fingerprint density at radius 3 is 2.88 bits per heavy atom. The van der Waals surface area contributed by atoms with Crippen LogP contribution < -0.4 is 0 Å². The number of carbonyl (C=O) groups excluding carboxylic acids is 1. The molecule has 2 heteroatoms. The van der Waals surface area contributed by atoms with Crippen LogP contribution in [0.5, 0.6) is 0 Å². The zero-order valence-corrected chi connectivity index (χ0v) is 10.6. The van der Waals surface area contributed by atoms with Crippen LogP contribution in [0.3, 0.4) is 0 Å². The summed E-state index contributed by atoms with van der Waals surface area (Å²) in [4.78, 5) is 11.2. The molecule has 0 amide bonds. The van der Waals surface area contributed by atoms with Gasteiger partial charge in [-0.15, -0.1) is 0 Å². The first-order valence-electron chi connectivity index (χ1n) is 6.11. The molecule has 0 aromatic heterocycles. The monoisotopic (exact) mass is 222 g/mol. The van der Waals surface area contributed by atoms with Gasteiger partial charge in [0, 0.05) is 12.8 Å². The molecule has 1 atom stereocenters. The Bertz CT molecular complexity index is 300. The number of hydrogen-bond acceptors (Lipinski definition) is 2. The van der Waals surface area contributed by atoms with E-state index >= 15 is 0 Å². The van der Waals surface area contributed by atoms with Gasteiger partial charge >= 0.3 is 5.97 Å². The zero-order chi connectivity index (χ0) is 12.1. The van der Waals surface area contributed by atoms with Gasteiger partial charge in [-0.1, -0.05) is 39.0 Å². The van der Waals surface area contributed by atoms with E-state index in [0.717, 1.165) is 19.3 Å². The predicted octanol–water partition coefficient (Wildman–Crippen LogP) is 3.63. The number of carbonyl (C=O) groups is 1. The molecule has 1 saturated carbocycles. The van der Waals surface area contributed by atoms with Crippen LogP contribution in [0.15, 0.2) is 23.8 Å². The normalized spacial score (nSPS) is 23.9. The lowest BCUT2D eigenvalue weighted by molar-refractivity contribution is -0.149. The highest BCUT2D eigenvalue weighted by molar-refractivity contribution is 5.69. The molecule has 0 saturated heterocycles. The van der Waals surface area contributed by atoms with Crippen LogP contribution in [-0.4, -0.2) is 12.1 Å². The molecule has 1 aliphatic rings. The zero-order valence-electron chi connectivity index (χ0n) is 10.6. The maximum Gasteiger partial charge on any atom is 0.305 e.